The van der Waals surface area contributed by atoms with E-state index in [1.807, 2.05) is 13.8 Å². The van der Waals surface area contributed by atoms with Crippen molar-refractivity contribution in [3.05, 3.63) is 0 Å². The van der Waals surface area contributed by atoms with Crippen LogP contribution in [0.4, 0.5) is 0 Å². The van der Waals surface area contributed by atoms with Crippen molar-refractivity contribution < 1.29 is 52.4 Å². The van der Waals surface area contributed by atoms with E-state index in [1.165, 1.54) is 7.11 Å². The third-order valence-corrected chi connectivity index (χ3v) is 7.79. The van der Waals surface area contributed by atoms with Gasteiger partial charge in [-0.3, -0.25) is 24.0 Å². The Morgan fingerprint density at radius 3 is 2.06 bits per heavy atom. The Bertz CT molecular complexity index is 1000. The number of ether oxygens (including phenoxy) is 6. The molecular formula is C36H59NO11. The standard InChI is InChI=1S/C36H59NO11/c1-5-33(40)35(28(2)3)37-36(42)29(15-16-34(41)43-4)26-30(38)17-19-45-21-23-47-25-24-46-22-20-44-18-11-12-31(39)27-48-32-13-9-7-6-8-10-14-32/h28-29,32,35H,5-9,11-13,15-27H2,1-4H3,(H,37,42)/t29-,32?,35+/m1/s1. The van der Waals surface area contributed by atoms with Gasteiger partial charge in [0.25, 0.3) is 0 Å². The minimum Gasteiger partial charge on any atom is -0.469 e. The Morgan fingerprint density at radius 1 is 0.792 bits per heavy atom. The topological polar surface area (TPSA) is 153 Å². The van der Waals surface area contributed by atoms with Gasteiger partial charge in [0.1, 0.15) is 18.5 Å². The number of rotatable bonds is 29. The van der Waals surface area contributed by atoms with E-state index in [0.717, 1.165) is 32.1 Å². The van der Waals surface area contributed by atoms with E-state index in [0.29, 0.717) is 59.1 Å². The van der Waals surface area contributed by atoms with Crippen LogP contribution >= 0.6 is 0 Å². The minimum atomic E-state index is -0.748. The Kier molecular flexibility index (Phi) is 25.4. The van der Waals surface area contributed by atoms with Crippen LogP contribution in [0.15, 0.2) is 0 Å². The molecule has 1 amide bonds. The van der Waals surface area contributed by atoms with Crippen molar-refractivity contribution in [2.24, 2.45) is 11.8 Å². The Balaban J connectivity index is 2.08. The van der Waals surface area contributed by atoms with Crippen LogP contribution in [-0.2, 0) is 52.4 Å². The average molecular weight is 682 g/mol. The highest BCUT2D eigenvalue weighted by Gasteiger charge is 2.28. The molecule has 0 aliphatic heterocycles. The number of esters is 1. The van der Waals surface area contributed by atoms with Crippen LogP contribution in [0.1, 0.15) is 97.8 Å². The number of methoxy groups -OCH3 is 1. The quantitative estimate of drug-likeness (QED) is 0.0697. The molecule has 1 aliphatic rings. The van der Waals surface area contributed by atoms with Crippen LogP contribution in [0.3, 0.4) is 0 Å². The fourth-order valence-corrected chi connectivity index (χ4v) is 4.89. The summed E-state index contributed by atoms with van der Waals surface area (Å²) in [6.07, 6.45) is 6.61. The zero-order valence-electron chi connectivity index (χ0n) is 29.6. The molecule has 0 aromatic carbocycles. The van der Waals surface area contributed by atoms with E-state index in [-0.39, 0.29) is 74.7 Å². The van der Waals surface area contributed by atoms with Gasteiger partial charge in [-0.1, -0.05) is 33.1 Å². The first kappa shape index (κ1) is 43.3. The van der Waals surface area contributed by atoms with Crippen LogP contribution < -0.4 is 5.32 Å². The molecule has 1 unspecified atom stereocenters. The van der Waals surface area contributed by atoms with Gasteiger partial charge < -0.3 is 33.7 Å². The molecule has 0 aromatic heterocycles. The zero-order chi connectivity index (χ0) is 35.4. The van der Waals surface area contributed by atoms with Crippen molar-refractivity contribution in [1.82, 2.24) is 5.32 Å². The second kappa shape index (κ2) is 28.2. The van der Waals surface area contributed by atoms with Crippen molar-refractivity contribution in [2.75, 3.05) is 66.6 Å². The summed E-state index contributed by atoms with van der Waals surface area (Å²) in [6.45, 7) is 8.47. The Hall–Kier alpha value is -2.69. The molecule has 12 nitrogen and oxygen atoms in total. The fraction of sp³-hybridized carbons (Fsp3) is 0.806. The largest absolute Gasteiger partial charge is 0.469 e. The summed E-state index contributed by atoms with van der Waals surface area (Å²) in [5.74, 6) is 4.31. The predicted octanol–water partition coefficient (Wildman–Crippen LogP) is 3.79. The van der Waals surface area contributed by atoms with Gasteiger partial charge in [0.2, 0.25) is 5.91 Å². The third kappa shape index (κ3) is 22.0. The maximum atomic E-state index is 13.0. The van der Waals surface area contributed by atoms with Gasteiger partial charge in [0.15, 0.2) is 11.6 Å². The monoisotopic (exact) mass is 681 g/mol. The van der Waals surface area contributed by atoms with E-state index in [4.69, 9.17) is 23.7 Å². The van der Waals surface area contributed by atoms with Gasteiger partial charge in [-0.25, -0.2) is 0 Å². The summed E-state index contributed by atoms with van der Waals surface area (Å²) in [5, 5.41) is 2.78. The van der Waals surface area contributed by atoms with Crippen molar-refractivity contribution in [2.45, 2.75) is 110 Å². The molecule has 0 radical (unpaired) electrons. The summed E-state index contributed by atoms with van der Waals surface area (Å²) >= 11 is 0. The first-order valence-electron chi connectivity index (χ1n) is 17.5. The van der Waals surface area contributed by atoms with Crippen molar-refractivity contribution in [3.8, 4) is 11.8 Å². The number of Topliss-reactive ketones (excluding diaryl/α,β-unsaturated/α-hetero) is 3. The molecule has 1 aliphatic carbocycles. The summed E-state index contributed by atoms with van der Waals surface area (Å²) in [4.78, 5) is 61.5. The number of hydrogen-bond acceptors (Lipinski definition) is 11. The van der Waals surface area contributed by atoms with Crippen molar-refractivity contribution in [3.63, 3.8) is 0 Å². The zero-order valence-corrected chi connectivity index (χ0v) is 29.6. The molecule has 0 spiro atoms. The van der Waals surface area contributed by atoms with Crippen LogP contribution in [0.5, 0.6) is 0 Å². The van der Waals surface area contributed by atoms with E-state index in [1.54, 1.807) is 6.92 Å². The summed E-state index contributed by atoms with van der Waals surface area (Å²) in [7, 11) is 1.27. The third-order valence-electron chi connectivity index (χ3n) is 7.79. The first-order chi connectivity index (χ1) is 23.2. The van der Waals surface area contributed by atoms with Gasteiger partial charge in [0, 0.05) is 51.0 Å². The smallest absolute Gasteiger partial charge is 0.305 e. The molecule has 0 saturated heterocycles. The highest BCUT2D eigenvalue weighted by molar-refractivity contribution is 5.92. The molecule has 0 heterocycles. The molecule has 12 heteroatoms. The second-order valence-electron chi connectivity index (χ2n) is 12.2. The molecule has 48 heavy (non-hydrogen) atoms. The number of carbonyl (C=O) groups excluding carboxylic acids is 5. The second-order valence-corrected chi connectivity index (χ2v) is 12.2. The maximum absolute atomic E-state index is 13.0. The van der Waals surface area contributed by atoms with Gasteiger partial charge in [-0.15, -0.1) is 5.92 Å². The SMILES string of the molecule is CCC(=O)[C@@H](NC(=O)[C@H](CCC(=O)OC)CC(=O)CCOCCOCCOCCOCCCC(=O)COC1C#CCCCCC1)C(C)C. The number of carbonyl (C=O) groups is 5. The molecular weight excluding hydrogens is 622 g/mol. The van der Waals surface area contributed by atoms with Crippen LogP contribution in [-0.4, -0.2) is 108 Å². The summed E-state index contributed by atoms with van der Waals surface area (Å²) in [5.41, 5.74) is 0. The average Bonchev–Trinajstić information content (AvgIpc) is 3.05. The molecule has 1 rings (SSSR count). The van der Waals surface area contributed by atoms with Gasteiger partial charge >= 0.3 is 5.97 Å². The highest BCUT2D eigenvalue weighted by Crippen LogP contribution is 2.16. The molecule has 274 valence electrons. The number of nitrogens with one attached hydrogen (secondary N) is 1. The summed E-state index contributed by atoms with van der Waals surface area (Å²) in [6, 6.07) is -0.643. The first-order valence-corrected chi connectivity index (χ1v) is 17.5. The number of ketones is 3. The van der Waals surface area contributed by atoms with Gasteiger partial charge in [-0.2, -0.15) is 0 Å². The molecule has 0 bridgehead atoms. The lowest BCUT2D eigenvalue weighted by atomic mass is 9.92. The molecule has 3 atom stereocenters. The summed E-state index contributed by atoms with van der Waals surface area (Å²) < 4.78 is 32.3. The van der Waals surface area contributed by atoms with Crippen LogP contribution in [0, 0.1) is 23.7 Å². The lowest BCUT2D eigenvalue weighted by molar-refractivity contribution is -0.142. The fourth-order valence-electron chi connectivity index (χ4n) is 4.89. The molecule has 0 saturated carbocycles. The molecule has 0 aromatic rings. The minimum absolute atomic E-state index is 0.00391. The maximum Gasteiger partial charge on any atom is 0.305 e. The lowest BCUT2D eigenvalue weighted by Gasteiger charge is -2.24. The number of amides is 1. The predicted molar refractivity (Wildman–Crippen MR) is 179 cm³/mol. The van der Waals surface area contributed by atoms with Crippen molar-refractivity contribution in [1.29, 1.82) is 0 Å². The Morgan fingerprint density at radius 2 is 1.44 bits per heavy atom. The van der Waals surface area contributed by atoms with E-state index in [9.17, 15) is 24.0 Å². The highest BCUT2D eigenvalue weighted by atomic mass is 16.6. The van der Waals surface area contributed by atoms with E-state index < -0.39 is 23.8 Å². The van der Waals surface area contributed by atoms with Gasteiger partial charge in [0.05, 0.1) is 59.4 Å². The van der Waals surface area contributed by atoms with Crippen molar-refractivity contribution >= 4 is 29.2 Å². The van der Waals surface area contributed by atoms with E-state index >= 15 is 0 Å². The van der Waals surface area contributed by atoms with Crippen LogP contribution in [0.25, 0.3) is 0 Å². The Labute approximate surface area is 287 Å². The van der Waals surface area contributed by atoms with Crippen LogP contribution in [0.2, 0.25) is 0 Å². The normalized spacial score (nSPS) is 15.8. The molecule has 0 fully saturated rings. The van der Waals surface area contributed by atoms with Gasteiger partial charge in [-0.05, 0) is 38.0 Å². The molecule has 1 N–H and O–H groups in total. The van der Waals surface area contributed by atoms with E-state index in [2.05, 4.69) is 21.9 Å². The number of hydrogen-bond donors (Lipinski definition) is 1. The lowest BCUT2D eigenvalue weighted by Crippen LogP contribution is -2.47.